The first-order valence-electron chi connectivity index (χ1n) is 7.30. The Balaban J connectivity index is 1.91. The minimum absolute atomic E-state index is 0.356. The molecule has 18 heavy (non-hydrogen) atoms. The highest BCUT2D eigenvalue weighted by Crippen LogP contribution is 2.31. The van der Waals surface area contributed by atoms with Crippen molar-refractivity contribution in [3.8, 4) is 0 Å². The maximum absolute atomic E-state index is 12.5. The molecule has 4 nitrogen and oxygen atoms in total. The van der Waals surface area contributed by atoms with Crippen LogP contribution in [0.2, 0.25) is 0 Å². The Morgan fingerprint density at radius 2 is 1.78 bits per heavy atom. The van der Waals surface area contributed by atoms with E-state index in [4.69, 9.17) is 0 Å². The highest BCUT2D eigenvalue weighted by molar-refractivity contribution is 7.89. The van der Waals surface area contributed by atoms with E-state index < -0.39 is 10.0 Å². The Morgan fingerprint density at radius 1 is 1.11 bits per heavy atom. The fourth-order valence-corrected chi connectivity index (χ4v) is 4.67. The van der Waals surface area contributed by atoms with E-state index in [-0.39, 0.29) is 0 Å². The van der Waals surface area contributed by atoms with Gasteiger partial charge in [0, 0.05) is 13.1 Å². The van der Waals surface area contributed by atoms with Gasteiger partial charge >= 0.3 is 0 Å². The second-order valence-electron chi connectivity index (χ2n) is 5.77. The number of sulfonamides is 1. The van der Waals surface area contributed by atoms with E-state index in [1.54, 1.807) is 4.31 Å². The summed E-state index contributed by atoms with van der Waals surface area (Å²) in [4.78, 5) is 0. The summed E-state index contributed by atoms with van der Waals surface area (Å²) in [5.41, 5.74) is 0. The van der Waals surface area contributed by atoms with Crippen LogP contribution in [0.3, 0.4) is 0 Å². The molecule has 106 valence electrons. The molecule has 0 bridgehead atoms. The van der Waals surface area contributed by atoms with Crippen LogP contribution in [-0.4, -0.2) is 44.7 Å². The van der Waals surface area contributed by atoms with Gasteiger partial charge in [-0.15, -0.1) is 0 Å². The molecule has 1 saturated heterocycles. The molecular weight excluding hydrogens is 248 g/mol. The second kappa shape index (κ2) is 6.35. The molecule has 1 aliphatic carbocycles. The van der Waals surface area contributed by atoms with Crippen molar-refractivity contribution in [1.29, 1.82) is 0 Å². The van der Waals surface area contributed by atoms with E-state index >= 15 is 0 Å². The smallest absolute Gasteiger partial charge is 0.214 e. The summed E-state index contributed by atoms with van der Waals surface area (Å²) >= 11 is 0. The van der Waals surface area contributed by atoms with Gasteiger partial charge in [0.1, 0.15) is 0 Å². The highest BCUT2D eigenvalue weighted by atomic mass is 32.2. The molecule has 2 fully saturated rings. The van der Waals surface area contributed by atoms with Gasteiger partial charge in [-0.3, -0.25) is 0 Å². The molecule has 0 radical (unpaired) electrons. The predicted molar refractivity (Wildman–Crippen MR) is 74.0 cm³/mol. The number of hydrogen-bond acceptors (Lipinski definition) is 3. The summed E-state index contributed by atoms with van der Waals surface area (Å²) in [5.74, 6) is 1.36. The fourth-order valence-electron chi connectivity index (χ4n) is 2.63. The summed E-state index contributed by atoms with van der Waals surface area (Å²) in [6, 6.07) is 0. The van der Waals surface area contributed by atoms with Crippen LogP contribution in [0.25, 0.3) is 0 Å². The molecule has 0 spiro atoms. The normalized spacial score (nSPS) is 22.6. The number of hydrogen-bond donors (Lipinski definition) is 1. The van der Waals surface area contributed by atoms with Crippen LogP contribution in [0.4, 0.5) is 0 Å². The zero-order valence-electron chi connectivity index (χ0n) is 11.4. The molecule has 0 aromatic heterocycles. The van der Waals surface area contributed by atoms with E-state index in [2.05, 4.69) is 12.2 Å². The van der Waals surface area contributed by atoms with E-state index in [1.807, 2.05) is 0 Å². The van der Waals surface area contributed by atoms with Crippen LogP contribution >= 0.6 is 0 Å². The van der Waals surface area contributed by atoms with Gasteiger partial charge in [-0.05, 0) is 57.0 Å². The molecule has 0 aromatic carbocycles. The van der Waals surface area contributed by atoms with Crippen molar-refractivity contribution in [2.75, 3.05) is 31.9 Å². The third kappa shape index (κ3) is 4.21. The van der Waals surface area contributed by atoms with Gasteiger partial charge in [0.2, 0.25) is 10.0 Å². The van der Waals surface area contributed by atoms with Gasteiger partial charge in [0.25, 0.3) is 0 Å². The van der Waals surface area contributed by atoms with Crippen molar-refractivity contribution in [2.24, 2.45) is 11.8 Å². The molecule has 0 atom stereocenters. The highest BCUT2D eigenvalue weighted by Gasteiger charge is 2.31. The van der Waals surface area contributed by atoms with Crippen molar-refractivity contribution < 1.29 is 8.42 Å². The van der Waals surface area contributed by atoms with Crippen LogP contribution in [0.15, 0.2) is 0 Å². The van der Waals surface area contributed by atoms with Gasteiger partial charge < -0.3 is 5.32 Å². The lowest BCUT2D eigenvalue weighted by molar-refractivity contribution is 0.368. The predicted octanol–water partition coefficient (Wildman–Crippen LogP) is 1.44. The minimum atomic E-state index is -3.03. The van der Waals surface area contributed by atoms with Gasteiger partial charge in [0.05, 0.1) is 5.75 Å². The molecule has 1 aliphatic heterocycles. The van der Waals surface area contributed by atoms with Crippen molar-refractivity contribution in [1.82, 2.24) is 9.62 Å². The Morgan fingerprint density at radius 3 is 2.33 bits per heavy atom. The SMILES string of the molecule is CCCN(CC1CC1)S(=O)(=O)CC1CCNCC1. The fraction of sp³-hybridized carbons (Fsp3) is 1.00. The molecular formula is C13H26N2O2S. The zero-order chi connectivity index (χ0) is 13.0. The van der Waals surface area contributed by atoms with Crippen molar-refractivity contribution in [3.05, 3.63) is 0 Å². The first kappa shape index (κ1) is 14.3. The molecule has 0 aromatic rings. The standard InChI is InChI=1S/C13H26N2O2S/c1-2-9-15(10-12-3-4-12)18(16,17)11-13-5-7-14-8-6-13/h12-14H,2-11H2,1H3. The first-order valence-corrected chi connectivity index (χ1v) is 8.91. The topological polar surface area (TPSA) is 49.4 Å². The number of nitrogens with zero attached hydrogens (tertiary/aromatic N) is 1. The Labute approximate surface area is 111 Å². The molecule has 2 aliphatic rings. The van der Waals surface area contributed by atoms with E-state index in [0.717, 1.165) is 38.9 Å². The maximum atomic E-state index is 12.5. The number of rotatable bonds is 7. The van der Waals surface area contributed by atoms with Crippen LogP contribution in [0, 0.1) is 11.8 Å². The van der Waals surface area contributed by atoms with Gasteiger partial charge in [-0.25, -0.2) is 12.7 Å². The minimum Gasteiger partial charge on any atom is -0.317 e. The lowest BCUT2D eigenvalue weighted by Crippen LogP contribution is -2.39. The van der Waals surface area contributed by atoms with Crippen LogP contribution in [0.5, 0.6) is 0 Å². The van der Waals surface area contributed by atoms with Gasteiger partial charge in [-0.1, -0.05) is 6.92 Å². The van der Waals surface area contributed by atoms with Crippen molar-refractivity contribution in [2.45, 2.75) is 39.0 Å². The van der Waals surface area contributed by atoms with Gasteiger partial charge in [0.15, 0.2) is 0 Å². The third-order valence-corrected chi connectivity index (χ3v) is 5.94. The van der Waals surface area contributed by atoms with E-state index in [0.29, 0.717) is 24.1 Å². The summed E-state index contributed by atoms with van der Waals surface area (Å²) < 4.78 is 26.7. The molecule has 1 N–H and O–H groups in total. The second-order valence-corrected chi connectivity index (χ2v) is 7.79. The monoisotopic (exact) mass is 274 g/mol. The Kier molecular flexibility index (Phi) is 5.04. The van der Waals surface area contributed by atoms with E-state index in [1.165, 1.54) is 12.8 Å². The largest absolute Gasteiger partial charge is 0.317 e. The average Bonchev–Trinajstić information content (AvgIpc) is 3.13. The Hall–Kier alpha value is -0.130. The van der Waals surface area contributed by atoms with Crippen molar-refractivity contribution in [3.63, 3.8) is 0 Å². The summed E-state index contributed by atoms with van der Waals surface area (Å²) in [5, 5.41) is 3.29. The zero-order valence-corrected chi connectivity index (χ0v) is 12.2. The first-order chi connectivity index (χ1) is 8.62. The number of piperidine rings is 1. The third-order valence-electron chi connectivity index (χ3n) is 3.93. The Bertz CT molecular complexity index is 346. The quantitative estimate of drug-likeness (QED) is 0.764. The van der Waals surface area contributed by atoms with Crippen molar-refractivity contribution >= 4 is 10.0 Å². The maximum Gasteiger partial charge on any atom is 0.214 e. The summed E-state index contributed by atoms with van der Waals surface area (Å²) in [6.07, 6.45) is 5.34. The van der Waals surface area contributed by atoms with E-state index in [9.17, 15) is 8.42 Å². The molecule has 0 unspecified atom stereocenters. The molecule has 2 rings (SSSR count). The molecule has 0 amide bonds. The molecule has 1 saturated carbocycles. The average molecular weight is 274 g/mol. The van der Waals surface area contributed by atoms with Crippen LogP contribution in [-0.2, 0) is 10.0 Å². The lowest BCUT2D eigenvalue weighted by atomic mass is 10.0. The summed E-state index contributed by atoms with van der Waals surface area (Å²) in [6.45, 7) is 5.46. The number of nitrogens with one attached hydrogen (secondary N) is 1. The van der Waals surface area contributed by atoms with Gasteiger partial charge in [-0.2, -0.15) is 0 Å². The molecule has 1 heterocycles. The lowest BCUT2D eigenvalue weighted by Gasteiger charge is -2.27. The van der Waals surface area contributed by atoms with Crippen LogP contribution in [0.1, 0.15) is 39.0 Å². The van der Waals surface area contributed by atoms with Crippen LogP contribution < -0.4 is 5.32 Å². The summed E-state index contributed by atoms with van der Waals surface area (Å²) in [7, 11) is -3.03. The molecule has 5 heteroatoms.